The van der Waals surface area contributed by atoms with Crippen LogP contribution in [0.25, 0.3) is 0 Å². The second-order valence-electron chi connectivity index (χ2n) is 4.11. The van der Waals surface area contributed by atoms with Crippen LogP contribution in [0.5, 0.6) is 5.75 Å². The maximum absolute atomic E-state index is 11.3. The first-order chi connectivity index (χ1) is 8.00. The predicted octanol–water partition coefficient (Wildman–Crippen LogP) is -0.284. The summed E-state index contributed by atoms with van der Waals surface area (Å²) in [6.07, 6.45) is -1.72. The van der Waals surface area contributed by atoms with Crippen LogP contribution in [-0.2, 0) is 16.4 Å². The van der Waals surface area contributed by atoms with Crippen molar-refractivity contribution in [3.05, 3.63) is 29.8 Å². The summed E-state index contributed by atoms with van der Waals surface area (Å²) in [4.78, 5) is 0. The minimum Gasteiger partial charge on any atom is -0.487 e. The molecular formula is C11H14O5S. The van der Waals surface area contributed by atoms with E-state index < -0.39 is 22.0 Å². The van der Waals surface area contributed by atoms with Crippen molar-refractivity contribution in [2.24, 2.45) is 0 Å². The van der Waals surface area contributed by atoms with Gasteiger partial charge in [-0.1, -0.05) is 12.1 Å². The molecule has 0 amide bonds. The fourth-order valence-electron chi connectivity index (χ4n) is 1.80. The van der Waals surface area contributed by atoms with Crippen molar-refractivity contribution < 1.29 is 23.4 Å². The van der Waals surface area contributed by atoms with Gasteiger partial charge < -0.3 is 14.9 Å². The number of rotatable bonds is 3. The van der Waals surface area contributed by atoms with Crippen molar-refractivity contribution in [3.63, 3.8) is 0 Å². The molecular weight excluding hydrogens is 244 g/mol. The number of hydrogen-bond donors (Lipinski definition) is 2. The smallest absolute Gasteiger partial charge is 0.156 e. The van der Waals surface area contributed by atoms with Gasteiger partial charge in [0.2, 0.25) is 0 Å². The first-order valence-corrected chi connectivity index (χ1v) is 7.07. The number of benzene rings is 1. The monoisotopic (exact) mass is 258 g/mol. The highest BCUT2D eigenvalue weighted by molar-refractivity contribution is 7.91. The van der Waals surface area contributed by atoms with Gasteiger partial charge in [0.05, 0.1) is 18.1 Å². The summed E-state index contributed by atoms with van der Waals surface area (Å²) in [5, 5.41) is 18.5. The lowest BCUT2D eigenvalue weighted by Gasteiger charge is -2.15. The number of aliphatic hydroxyl groups is 2. The van der Waals surface area contributed by atoms with Crippen LogP contribution >= 0.6 is 0 Å². The van der Waals surface area contributed by atoms with E-state index in [-0.39, 0.29) is 18.1 Å². The van der Waals surface area contributed by atoms with Crippen LogP contribution in [0.2, 0.25) is 0 Å². The van der Waals surface area contributed by atoms with Gasteiger partial charge >= 0.3 is 0 Å². The Bertz CT molecular complexity index is 496. The van der Waals surface area contributed by atoms with Crippen molar-refractivity contribution in [2.45, 2.75) is 18.8 Å². The van der Waals surface area contributed by atoms with Gasteiger partial charge in [0.15, 0.2) is 9.84 Å². The summed E-state index contributed by atoms with van der Waals surface area (Å²) in [6.45, 7) is -0.108. The van der Waals surface area contributed by atoms with Crippen molar-refractivity contribution in [3.8, 4) is 5.75 Å². The second kappa shape index (κ2) is 4.64. The summed E-state index contributed by atoms with van der Waals surface area (Å²) in [5.74, 6) is 0.0345. The van der Waals surface area contributed by atoms with E-state index in [0.29, 0.717) is 11.3 Å². The van der Waals surface area contributed by atoms with Gasteiger partial charge in [-0.3, -0.25) is 0 Å². The Morgan fingerprint density at radius 2 is 2.12 bits per heavy atom. The second-order valence-corrected chi connectivity index (χ2v) is 6.26. The standard InChI is InChI=1S/C11H14O5S/c12-5-8-2-1-3-9(4-8)16-11-7-17(14,15)6-10(11)13/h1-4,10-13H,5-7H2. The van der Waals surface area contributed by atoms with Crippen molar-refractivity contribution >= 4 is 9.84 Å². The molecule has 1 aliphatic heterocycles. The summed E-state index contributed by atoms with van der Waals surface area (Å²) in [7, 11) is -3.20. The lowest BCUT2D eigenvalue weighted by atomic mass is 10.2. The minimum absolute atomic E-state index is 0.108. The molecule has 2 atom stereocenters. The third-order valence-corrected chi connectivity index (χ3v) is 4.33. The third kappa shape index (κ3) is 2.96. The molecule has 17 heavy (non-hydrogen) atoms. The SMILES string of the molecule is O=S1(=O)CC(O)C(Oc2cccc(CO)c2)C1. The molecule has 0 aromatic heterocycles. The van der Waals surface area contributed by atoms with E-state index in [2.05, 4.69) is 0 Å². The Hall–Kier alpha value is -1.11. The van der Waals surface area contributed by atoms with E-state index in [1.165, 1.54) is 0 Å². The van der Waals surface area contributed by atoms with Gasteiger partial charge in [0.25, 0.3) is 0 Å². The topological polar surface area (TPSA) is 83.8 Å². The Morgan fingerprint density at radius 3 is 2.71 bits per heavy atom. The molecule has 1 aromatic carbocycles. The first kappa shape index (κ1) is 12.3. The fourth-order valence-corrected chi connectivity index (χ4v) is 3.46. The quantitative estimate of drug-likeness (QED) is 0.778. The van der Waals surface area contributed by atoms with Gasteiger partial charge in [0.1, 0.15) is 18.0 Å². The first-order valence-electron chi connectivity index (χ1n) is 5.25. The van der Waals surface area contributed by atoms with Gasteiger partial charge in [-0.2, -0.15) is 0 Å². The Balaban J connectivity index is 2.11. The highest BCUT2D eigenvalue weighted by Crippen LogP contribution is 2.21. The highest BCUT2D eigenvalue weighted by atomic mass is 32.2. The van der Waals surface area contributed by atoms with Crippen molar-refractivity contribution in [1.82, 2.24) is 0 Å². The molecule has 1 fully saturated rings. The number of ether oxygens (including phenoxy) is 1. The average Bonchev–Trinajstić information content (AvgIpc) is 2.52. The van der Waals surface area contributed by atoms with Crippen LogP contribution in [0, 0.1) is 0 Å². The van der Waals surface area contributed by atoms with E-state index in [0.717, 1.165) is 0 Å². The highest BCUT2D eigenvalue weighted by Gasteiger charge is 2.38. The molecule has 1 aliphatic rings. The summed E-state index contributed by atoms with van der Waals surface area (Å²) in [6, 6.07) is 6.72. The largest absolute Gasteiger partial charge is 0.487 e. The van der Waals surface area contributed by atoms with E-state index in [1.54, 1.807) is 24.3 Å². The molecule has 0 spiro atoms. The van der Waals surface area contributed by atoms with Crippen molar-refractivity contribution in [1.29, 1.82) is 0 Å². The number of hydrogen-bond acceptors (Lipinski definition) is 5. The van der Waals surface area contributed by atoms with Gasteiger partial charge in [-0.15, -0.1) is 0 Å². The van der Waals surface area contributed by atoms with Crippen LogP contribution in [0.1, 0.15) is 5.56 Å². The Labute approximate surface area is 99.6 Å². The number of aliphatic hydroxyl groups excluding tert-OH is 2. The molecule has 1 saturated heterocycles. The van der Waals surface area contributed by atoms with Gasteiger partial charge in [0, 0.05) is 0 Å². The lowest BCUT2D eigenvalue weighted by Crippen LogP contribution is -2.29. The zero-order valence-electron chi connectivity index (χ0n) is 9.11. The zero-order valence-corrected chi connectivity index (χ0v) is 9.93. The molecule has 94 valence electrons. The van der Waals surface area contributed by atoms with Crippen LogP contribution in [-0.4, -0.2) is 42.3 Å². The van der Waals surface area contributed by atoms with Crippen LogP contribution in [0.3, 0.4) is 0 Å². The normalized spacial score (nSPS) is 26.9. The van der Waals surface area contributed by atoms with E-state index >= 15 is 0 Å². The maximum Gasteiger partial charge on any atom is 0.156 e. The van der Waals surface area contributed by atoms with E-state index in [1.807, 2.05) is 0 Å². The van der Waals surface area contributed by atoms with E-state index in [9.17, 15) is 13.5 Å². The van der Waals surface area contributed by atoms with Crippen molar-refractivity contribution in [2.75, 3.05) is 11.5 Å². The predicted molar refractivity (Wildman–Crippen MR) is 61.4 cm³/mol. The minimum atomic E-state index is -3.20. The summed E-state index contributed by atoms with van der Waals surface area (Å²) in [5.41, 5.74) is 0.679. The maximum atomic E-state index is 11.3. The van der Waals surface area contributed by atoms with E-state index in [4.69, 9.17) is 9.84 Å². The Morgan fingerprint density at radius 1 is 1.35 bits per heavy atom. The molecule has 2 unspecified atom stereocenters. The molecule has 0 aliphatic carbocycles. The average molecular weight is 258 g/mol. The fraction of sp³-hybridized carbons (Fsp3) is 0.455. The van der Waals surface area contributed by atoms with Gasteiger partial charge in [-0.05, 0) is 17.7 Å². The van der Waals surface area contributed by atoms with Crippen LogP contribution in [0.4, 0.5) is 0 Å². The third-order valence-electron chi connectivity index (χ3n) is 2.64. The molecule has 2 rings (SSSR count). The van der Waals surface area contributed by atoms with Gasteiger partial charge in [-0.25, -0.2) is 8.42 Å². The summed E-state index contributed by atoms with van der Waals surface area (Å²) < 4.78 is 28.0. The molecule has 0 bridgehead atoms. The summed E-state index contributed by atoms with van der Waals surface area (Å²) >= 11 is 0. The molecule has 5 nitrogen and oxygen atoms in total. The molecule has 1 aromatic rings. The molecule has 0 saturated carbocycles. The zero-order chi connectivity index (χ0) is 12.5. The molecule has 0 radical (unpaired) electrons. The number of sulfone groups is 1. The lowest BCUT2D eigenvalue weighted by molar-refractivity contribution is 0.0737. The molecule has 1 heterocycles. The van der Waals surface area contributed by atoms with Crippen LogP contribution in [0.15, 0.2) is 24.3 Å². The molecule has 2 N–H and O–H groups in total. The Kier molecular flexibility index (Phi) is 3.37. The molecule has 6 heteroatoms. The van der Waals surface area contributed by atoms with Crippen LogP contribution < -0.4 is 4.74 Å².